The Balaban J connectivity index is 2.67. The first-order valence-corrected chi connectivity index (χ1v) is 5.37. The number of rotatable bonds is 0. The van der Waals surface area contributed by atoms with Crippen LogP contribution in [0, 0.1) is 0 Å². The highest BCUT2D eigenvalue weighted by Gasteiger charge is 2.21. The van der Waals surface area contributed by atoms with Crippen LogP contribution in [0.25, 0.3) is 0 Å². The third-order valence-electron chi connectivity index (χ3n) is 2.31. The second-order valence-corrected chi connectivity index (χ2v) is 4.42. The van der Waals surface area contributed by atoms with Crippen LogP contribution in [0.4, 0.5) is 0 Å². The number of benzene rings is 1. The number of Topliss-reactive ketones (excluding diaryl/α,β-unsaturated/α-hetero) is 1. The largest absolute Gasteiger partial charge is 0.294 e. The number of carbonyl (C=O) groups is 1. The van der Waals surface area contributed by atoms with E-state index in [1.807, 2.05) is 12.1 Å². The minimum Gasteiger partial charge on any atom is -0.294 e. The molecule has 0 atom stereocenters. The molecule has 2 rings (SSSR count). The number of halogens is 2. The van der Waals surface area contributed by atoms with Crippen LogP contribution >= 0.6 is 27.5 Å². The molecule has 3 heteroatoms. The van der Waals surface area contributed by atoms with E-state index in [9.17, 15) is 4.79 Å². The summed E-state index contributed by atoms with van der Waals surface area (Å²) in [5, 5.41) is 0.714. The molecule has 0 saturated carbocycles. The smallest absolute Gasteiger partial charge is 0.164 e. The van der Waals surface area contributed by atoms with Crippen LogP contribution in [-0.4, -0.2) is 5.78 Å². The first kappa shape index (κ1) is 9.22. The molecule has 0 radical (unpaired) electrons. The molecule has 13 heavy (non-hydrogen) atoms. The van der Waals surface area contributed by atoms with E-state index >= 15 is 0 Å². The number of hydrogen-bond acceptors (Lipinski definition) is 1. The Morgan fingerprint density at radius 2 is 2.08 bits per heavy atom. The van der Waals surface area contributed by atoms with E-state index in [1.165, 1.54) is 0 Å². The molecule has 1 aromatic rings. The van der Waals surface area contributed by atoms with Gasteiger partial charge in [-0.15, -0.1) is 0 Å². The molecule has 0 aliphatic heterocycles. The average Bonchev–Trinajstić information content (AvgIpc) is 2.12. The Morgan fingerprint density at radius 3 is 2.77 bits per heavy atom. The second-order valence-electron chi connectivity index (χ2n) is 3.16. The highest BCUT2D eigenvalue weighted by atomic mass is 79.9. The zero-order valence-corrected chi connectivity index (χ0v) is 9.28. The molecule has 0 heterocycles. The lowest BCUT2D eigenvalue weighted by atomic mass is 9.91. The van der Waals surface area contributed by atoms with Crippen molar-refractivity contribution in [2.75, 3.05) is 0 Å². The molecule has 0 saturated heterocycles. The van der Waals surface area contributed by atoms with Gasteiger partial charge in [-0.3, -0.25) is 4.79 Å². The van der Waals surface area contributed by atoms with Gasteiger partial charge in [0.1, 0.15) is 0 Å². The van der Waals surface area contributed by atoms with E-state index in [-0.39, 0.29) is 5.78 Å². The fourth-order valence-corrected chi connectivity index (χ4v) is 2.54. The summed E-state index contributed by atoms with van der Waals surface area (Å²) in [5.41, 5.74) is 1.80. The van der Waals surface area contributed by atoms with Crippen LogP contribution in [-0.2, 0) is 6.42 Å². The van der Waals surface area contributed by atoms with Gasteiger partial charge in [0.2, 0.25) is 0 Å². The van der Waals surface area contributed by atoms with E-state index in [0.717, 1.165) is 28.4 Å². The quantitative estimate of drug-likeness (QED) is 0.695. The van der Waals surface area contributed by atoms with E-state index in [4.69, 9.17) is 11.6 Å². The summed E-state index contributed by atoms with van der Waals surface area (Å²) < 4.78 is 0.872. The highest BCUT2D eigenvalue weighted by Crippen LogP contribution is 2.32. The molecule has 1 nitrogen and oxygen atoms in total. The van der Waals surface area contributed by atoms with Crippen molar-refractivity contribution in [1.82, 2.24) is 0 Å². The van der Waals surface area contributed by atoms with Gasteiger partial charge in [0.15, 0.2) is 5.78 Å². The van der Waals surface area contributed by atoms with E-state index in [1.54, 1.807) is 0 Å². The average molecular weight is 260 g/mol. The van der Waals surface area contributed by atoms with E-state index < -0.39 is 0 Å². The summed E-state index contributed by atoms with van der Waals surface area (Å²) in [7, 11) is 0. The Labute approximate surface area is 90.2 Å². The predicted octanol–water partition coefficient (Wildman–Crippen LogP) is 3.62. The molecule has 0 spiro atoms. The van der Waals surface area contributed by atoms with Crippen molar-refractivity contribution >= 4 is 33.3 Å². The van der Waals surface area contributed by atoms with Crippen LogP contribution in [0.1, 0.15) is 28.8 Å². The fourth-order valence-electron chi connectivity index (χ4n) is 1.69. The molecule has 0 aromatic heterocycles. The van der Waals surface area contributed by atoms with Gasteiger partial charge in [-0.25, -0.2) is 0 Å². The number of carbonyl (C=O) groups excluding carboxylic acids is 1. The molecule has 0 amide bonds. The van der Waals surface area contributed by atoms with Crippen LogP contribution in [0.5, 0.6) is 0 Å². The predicted molar refractivity (Wildman–Crippen MR) is 56.4 cm³/mol. The second kappa shape index (κ2) is 3.43. The normalized spacial score (nSPS) is 15.7. The maximum Gasteiger partial charge on any atom is 0.164 e. The van der Waals surface area contributed by atoms with Gasteiger partial charge in [-0.05, 0) is 30.5 Å². The Hall–Kier alpha value is -0.340. The Kier molecular flexibility index (Phi) is 2.43. The van der Waals surface area contributed by atoms with E-state index in [0.29, 0.717) is 11.4 Å². The summed E-state index contributed by atoms with van der Waals surface area (Å²) >= 11 is 9.38. The van der Waals surface area contributed by atoms with Crippen LogP contribution < -0.4 is 0 Å². The third kappa shape index (κ3) is 1.53. The molecule has 0 fully saturated rings. The van der Waals surface area contributed by atoms with E-state index in [2.05, 4.69) is 15.9 Å². The van der Waals surface area contributed by atoms with Crippen molar-refractivity contribution in [2.45, 2.75) is 19.3 Å². The maximum absolute atomic E-state index is 11.6. The summed E-state index contributed by atoms with van der Waals surface area (Å²) in [6.07, 6.45) is 2.48. The first-order chi connectivity index (χ1) is 6.20. The zero-order chi connectivity index (χ0) is 9.42. The molecular weight excluding hydrogens is 251 g/mol. The van der Waals surface area contributed by atoms with Gasteiger partial charge >= 0.3 is 0 Å². The first-order valence-electron chi connectivity index (χ1n) is 4.20. The Bertz CT molecular complexity index is 373. The lowest BCUT2D eigenvalue weighted by molar-refractivity contribution is 0.0971. The van der Waals surface area contributed by atoms with Crippen molar-refractivity contribution in [1.29, 1.82) is 0 Å². The minimum absolute atomic E-state index is 0.204. The van der Waals surface area contributed by atoms with Crippen molar-refractivity contribution in [3.63, 3.8) is 0 Å². The zero-order valence-electron chi connectivity index (χ0n) is 6.94. The molecule has 1 aromatic carbocycles. The summed E-state index contributed by atoms with van der Waals surface area (Å²) in [4.78, 5) is 11.6. The topological polar surface area (TPSA) is 17.1 Å². The number of ketones is 1. The molecule has 1 aliphatic rings. The fraction of sp³-hybridized carbons (Fsp3) is 0.300. The molecule has 0 N–H and O–H groups in total. The van der Waals surface area contributed by atoms with Crippen LogP contribution in [0.3, 0.4) is 0 Å². The third-order valence-corrected chi connectivity index (χ3v) is 3.33. The molecule has 0 unspecified atom stereocenters. The van der Waals surface area contributed by atoms with Gasteiger partial charge in [-0.2, -0.15) is 0 Å². The van der Waals surface area contributed by atoms with Gasteiger partial charge in [0, 0.05) is 21.5 Å². The number of hydrogen-bond donors (Lipinski definition) is 0. The van der Waals surface area contributed by atoms with Gasteiger partial charge < -0.3 is 0 Å². The van der Waals surface area contributed by atoms with Gasteiger partial charge in [0.05, 0.1) is 0 Å². The molecule has 0 bridgehead atoms. The van der Waals surface area contributed by atoms with Crippen molar-refractivity contribution < 1.29 is 4.79 Å². The van der Waals surface area contributed by atoms with Crippen LogP contribution in [0.15, 0.2) is 16.6 Å². The minimum atomic E-state index is 0.204. The monoisotopic (exact) mass is 258 g/mol. The standard InChI is InChI=1S/C10H8BrClO/c11-7-4-5-8(12)6-2-1-3-9(13)10(6)7/h4-5H,1-3H2. The maximum atomic E-state index is 11.6. The summed E-state index contributed by atoms with van der Waals surface area (Å²) in [5.74, 6) is 0.204. The van der Waals surface area contributed by atoms with Gasteiger partial charge in [0.25, 0.3) is 0 Å². The van der Waals surface area contributed by atoms with Crippen molar-refractivity contribution in [3.8, 4) is 0 Å². The SMILES string of the molecule is O=C1CCCc2c(Cl)ccc(Br)c21. The number of fused-ring (bicyclic) bond motifs is 1. The molecule has 1 aliphatic carbocycles. The summed E-state index contributed by atoms with van der Waals surface area (Å²) in [6.45, 7) is 0. The van der Waals surface area contributed by atoms with Crippen molar-refractivity contribution in [2.24, 2.45) is 0 Å². The lowest BCUT2D eigenvalue weighted by Crippen LogP contribution is -2.11. The van der Waals surface area contributed by atoms with Crippen molar-refractivity contribution in [3.05, 3.63) is 32.8 Å². The van der Waals surface area contributed by atoms with Crippen LogP contribution in [0.2, 0.25) is 5.02 Å². The molecular formula is C10H8BrClO. The van der Waals surface area contributed by atoms with Gasteiger partial charge in [-0.1, -0.05) is 27.5 Å². The highest BCUT2D eigenvalue weighted by molar-refractivity contribution is 9.10. The molecule has 68 valence electrons. The lowest BCUT2D eigenvalue weighted by Gasteiger charge is -2.17. The summed E-state index contributed by atoms with van der Waals surface area (Å²) in [6, 6.07) is 3.67. The Morgan fingerprint density at radius 1 is 1.31 bits per heavy atom.